The van der Waals surface area contributed by atoms with Crippen molar-refractivity contribution in [3.05, 3.63) is 237 Å². The maximum Gasteiger partial charge on any atom is 0.136 e. The Morgan fingerprint density at radius 2 is 0.746 bits per heavy atom. The fourth-order valence-electron chi connectivity index (χ4n) is 9.38. The van der Waals surface area contributed by atoms with Crippen LogP contribution in [-0.4, -0.2) is 0 Å². The van der Waals surface area contributed by atoms with Crippen LogP contribution in [0.4, 0.5) is 17.1 Å². The molecule has 0 spiro atoms. The number of benzene rings is 10. The van der Waals surface area contributed by atoms with Crippen LogP contribution in [0.5, 0.6) is 0 Å². The van der Waals surface area contributed by atoms with Gasteiger partial charge in [-0.05, 0) is 111 Å². The molecular formula is C60H39NO2. The fraction of sp³-hybridized carbons (Fsp3) is 0. The van der Waals surface area contributed by atoms with Crippen LogP contribution in [0.2, 0.25) is 0 Å². The summed E-state index contributed by atoms with van der Waals surface area (Å²) in [5, 5.41) is 4.50. The van der Waals surface area contributed by atoms with Gasteiger partial charge in [-0.2, -0.15) is 0 Å². The molecule has 296 valence electrons. The van der Waals surface area contributed by atoms with Crippen molar-refractivity contribution < 1.29 is 8.83 Å². The molecule has 12 aromatic rings. The van der Waals surface area contributed by atoms with Gasteiger partial charge in [-0.25, -0.2) is 0 Å². The highest BCUT2D eigenvalue weighted by molar-refractivity contribution is 6.12. The molecule has 0 aliphatic rings. The molecule has 10 aromatic carbocycles. The topological polar surface area (TPSA) is 29.5 Å². The quantitative estimate of drug-likeness (QED) is 0.153. The van der Waals surface area contributed by atoms with E-state index in [4.69, 9.17) is 8.83 Å². The largest absolute Gasteiger partial charge is 0.456 e. The van der Waals surface area contributed by atoms with Gasteiger partial charge in [-0.1, -0.05) is 176 Å². The lowest BCUT2D eigenvalue weighted by molar-refractivity contribution is 0.668. The molecule has 3 nitrogen and oxygen atoms in total. The van der Waals surface area contributed by atoms with Crippen LogP contribution in [0.3, 0.4) is 0 Å². The Bertz CT molecular complexity index is 3600. The average molecular weight is 806 g/mol. The van der Waals surface area contributed by atoms with E-state index in [1.165, 1.54) is 11.1 Å². The van der Waals surface area contributed by atoms with Crippen molar-refractivity contribution in [2.75, 3.05) is 4.90 Å². The van der Waals surface area contributed by atoms with Crippen molar-refractivity contribution >= 4 is 60.9 Å². The van der Waals surface area contributed by atoms with Crippen molar-refractivity contribution in [1.82, 2.24) is 0 Å². The number of hydrogen-bond donors (Lipinski definition) is 0. The smallest absolute Gasteiger partial charge is 0.136 e. The molecule has 0 bridgehead atoms. The normalized spacial score (nSPS) is 11.5. The van der Waals surface area contributed by atoms with Crippen LogP contribution in [-0.2, 0) is 0 Å². The minimum absolute atomic E-state index is 0.887. The minimum atomic E-state index is 0.887. The number of hydrogen-bond acceptors (Lipinski definition) is 3. The van der Waals surface area contributed by atoms with E-state index in [-0.39, 0.29) is 0 Å². The molecule has 0 radical (unpaired) electrons. The van der Waals surface area contributed by atoms with Gasteiger partial charge in [0.2, 0.25) is 0 Å². The summed E-state index contributed by atoms with van der Waals surface area (Å²) in [5.41, 5.74) is 18.2. The van der Waals surface area contributed by atoms with Gasteiger partial charge in [0.15, 0.2) is 0 Å². The van der Waals surface area contributed by atoms with Crippen LogP contribution >= 0.6 is 0 Å². The van der Waals surface area contributed by atoms with Crippen molar-refractivity contribution in [2.24, 2.45) is 0 Å². The highest BCUT2D eigenvalue weighted by Crippen LogP contribution is 2.49. The zero-order chi connectivity index (χ0) is 41.7. The van der Waals surface area contributed by atoms with Crippen molar-refractivity contribution in [3.63, 3.8) is 0 Å². The molecule has 0 N–H and O–H groups in total. The summed E-state index contributed by atoms with van der Waals surface area (Å²) in [4.78, 5) is 2.41. The number of furan rings is 2. The summed E-state index contributed by atoms with van der Waals surface area (Å²) in [6, 6.07) is 84.3. The lowest BCUT2D eigenvalue weighted by Gasteiger charge is -2.30. The molecule has 12 rings (SSSR count). The van der Waals surface area contributed by atoms with Gasteiger partial charge in [0, 0.05) is 38.5 Å². The number of nitrogens with zero attached hydrogens (tertiary/aromatic N) is 1. The predicted octanol–water partition coefficient (Wildman–Crippen LogP) is 17.3. The van der Waals surface area contributed by atoms with Gasteiger partial charge in [0.25, 0.3) is 0 Å². The molecule has 2 aromatic heterocycles. The van der Waals surface area contributed by atoms with Gasteiger partial charge in [0.1, 0.15) is 22.3 Å². The monoisotopic (exact) mass is 805 g/mol. The maximum absolute atomic E-state index is 6.30. The van der Waals surface area contributed by atoms with Crippen LogP contribution in [0, 0.1) is 0 Å². The number of para-hydroxylation sites is 2. The van der Waals surface area contributed by atoms with Crippen molar-refractivity contribution in [2.45, 2.75) is 0 Å². The maximum atomic E-state index is 6.30. The molecule has 0 aliphatic heterocycles. The lowest BCUT2D eigenvalue weighted by atomic mass is 9.87. The van der Waals surface area contributed by atoms with Gasteiger partial charge in [0.05, 0.1) is 5.69 Å². The summed E-state index contributed by atoms with van der Waals surface area (Å²) in [7, 11) is 0. The SMILES string of the molecule is c1ccc(-c2ccccc2-c2c(-c3ccccc3)cccc2N(c2ccc(-c3ccc4c(c3)oc3ccccc34)cc2)c2ccc(-c3cccc4oc5ccccc5c34)cc2)cc1. The summed E-state index contributed by atoms with van der Waals surface area (Å²) in [6.45, 7) is 0. The number of fused-ring (bicyclic) bond motifs is 6. The molecule has 0 unspecified atom stereocenters. The summed E-state index contributed by atoms with van der Waals surface area (Å²) < 4.78 is 12.6. The predicted molar refractivity (Wildman–Crippen MR) is 263 cm³/mol. The van der Waals surface area contributed by atoms with Crippen LogP contribution in [0.1, 0.15) is 0 Å². The molecule has 0 fully saturated rings. The van der Waals surface area contributed by atoms with Crippen molar-refractivity contribution in [1.29, 1.82) is 0 Å². The summed E-state index contributed by atoms with van der Waals surface area (Å²) >= 11 is 0. The molecule has 0 atom stereocenters. The zero-order valence-electron chi connectivity index (χ0n) is 34.3. The van der Waals surface area contributed by atoms with Gasteiger partial charge < -0.3 is 13.7 Å². The Morgan fingerprint density at radius 3 is 1.48 bits per heavy atom. The first-order chi connectivity index (χ1) is 31.2. The van der Waals surface area contributed by atoms with E-state index in [0.29, 0.717) is 0 Å². The highest BCUT2D eigenvalue weighted by Gasteiger charge is 2.23. The molecule has 2 heterocycles. The van der Waals surface area contributed by atoms with Crippen LogP contribution in [0.15, 0.2) is 245 Å². The second-order valence-electron chi connectivity index (χ2n) is 16.0. The standard InChI is InChI=1S/C60H39NO2/c1-3-15-41(16-4-1)47-19-7-8-21-52(47)59-48(42-17-5-2-6-18-42)23-13-25-54(59)61(45-34-29-40(30-35-45)44-33-38-51-50-20-9-11-26-55(50)63-58(51)39-44)46-36-31-43(32-37-46)49-24-14-28-57-60(49)53-22-10-12-27-56(53)62-57/h1-39H. The van der Waals surface area contributed by atoms with Gasteiger partial charge >= 0.3 is 0 Å². The van der Waals surface area contributed by atoms with E-state index in [9.17, 15) is 0 Å². The zero-order valence-corrected chi connectivity index (χ0v) is 34.3. The first-order valence-corrected chi connectivity index (χ1v) is 21.4. The third-order valence-electron chi connectivity index (χ3n) is 12.3. The van der Waals surface area contributed by atoms with Crippen LogP contribution < -0.4 is 4.90 Å². The molecule has 0 aliphatic carbocycles. The number of rotatable bonds is 8. The third kappa shape index (κ3) is 6.38. The van der Waals surface area contributed by atoms with Gasteiger partial charge in [-0.3, -0.25) is 0 Å². The van der Waals surface area contributed by atoms with Crippen molar-refractivity contribution in [3.8, 4) is 55.6 Å². The Kier molecular flexibility index (Phi) is 8.83. The second kappa shape index (κ2) is 15.3. The third-order valence-corrected chi connectivity index (χ3v) is 12.3. The fourth-order valence-corrected chi connectivity index (χ4v) is 9.38. The van der Waals surface area contributed by atoms with Gasteiger partial charge in [-0.15, -0.1) is 0 Å². The highest BCUT2D eigenvalue weighted by atomic mass is 16.3. The molecule has 63 heavy (non-hydrogen) atoms. The molecule has 0 saturated heterocycles. The Balaban J connectivity index is 1.05. The minimum Gasteiger partial charge on any atom is -0.456 e. The van der Waals surface area contributed by atoms with E-state index in [2.05, 4.69) is 217 Å². The van der Waals surface area contributed by atoms with Crippen LogP contribution in [0.25, 0.3) is 99.5 Å². The average Bonchev–Trinajstić information content (AvgIpc) is 3.93. The van der Waals surface area contributed by atoms with E-state index in [1.807, 2.05) is 24.3 Å². The molecular weight excluding hydrogens is 767 g/mol. The lowest BCUT2D eigenvalue weighted by Crippen LogP contribution is -2.12. The summed E-state index contributed by atoms with van der Waals surface area (Å²) in [5.74, 6) is 0. The summed E-state index contributed by atoms with van der Waals surface area (Å²) in [6.07, 6.45) is 0. The Labute approximate surface area is 365 Å². The first-order valence-electron chi connectivity index (χ1n) is 21.4. The second-order valence-corrected chi connectivity index (χ2v) is 16.0. The molecule has 0 saturated carbocycles. The first kappa shape index (κ1) is 36.5. The molecule has 0 amide bonds. The number of anilines is 3. The Hall–Kier alpha value is -8.40. The van der Waals surface area contributed by atoms with E-state index in [1.54, 1.807) is 0 Å². The Morgan fingerprint density at radius 1 is 0.270 bits per heavy atom. The van der Waals surface area contributed by atoms with E-state index >= 15 is 0 Å². The molecule has 3 heteroatoms. The van der Waals surface area contributed by atoms with E-state index < -0.39 is 0 Å². The van der Waals surface area contributed by atoms with E-state index in [0.717, 1.165) is 105 Å².